The molecule has 0 atom stereocenters. The van der Waals surface area contributed by atoms with E-state index in [1.807, 2.05) is 30.5 Å². The molecule has 4 rings (SSSR count). The molecule has 1 amide bonds. The number of aromatic amines is 1. The standard InChI is InChI=1S/C22H26FN7O2.C2HF3O2/c1-13-14(2)21(31)27-24-18(13)10-15-5-6-17(23)16(9-15)22(32)29-7-8-30-19(11-28(3)4)25-26-20(30)12-29;3-2(4,5)1(6)7/h5-6,9H,7-8,10-12H2,1-4H3,(H,27,31);(H,6,7). The number of carboxylic acid groups (broad SMARTS) is 1. The van der Waals surface area contributed by atoms with Gasteiger partial charge >= 0.3 is 12.1 Å². The van der Waals surface area contributed by atoms with Crippen LogP contribution < -0.4 is 5.56 Å². The second-order valence-electron chi connectivity index (χ2n) is 9.19. The summed E-state index contributed by atoms with van der Waals surface area (Å²) in [6.45, 7) is 5.53. The fourth-order valence-corrected chi connectivity index (χ4v) is 3.85. The second kappa shape index (κ2) is 11.7. The predicted molar refractivity (Wildman–Crippen MR) is 129 cm³/mol. The smallest absolute Gasteiger partial charge is 0.475 e. The van der Waals surface area contributed by atoms with E-state index in [4.69, 9.17) is 9.90 Å². The van der Waals surface area contributed by atoms with Gasteiger partial charge in [-0.2, -0.15) is 18.3 Å². The Balaban J connectivity index is 0.000000532. The maximum Gasteiger partial charge on any atom is 0.490 e. The van der Waals surface area contributed by atoms with Crippen LogP contribution in [0.4, 0.5) is 17.6 Å². The molecule has 1 aliphatic heterocycles. The lowest BCUT2D eigenvalue weighted by molar-refractivity contribution is -0.192. The number of nitrogens with zero attached hydrogens (tertiary/aromatic N) is 6. The minimum absolute atomic E-state index is 0.0165. The number of halogens is 4. The molecule has 0 fully saturated rings. The summed E-state index contributed by atoms with van der Waals surface area (Å²) >= 11 is 0. The van der Waals surface area contributed by atoms with Crippen LogP contribution in [0.25, 0.3) is 0 Å². The predicted octanol–water partition coefficient (Wildman–Crippen LogP) is 2.06. The number of aliphatic carboxylic acids is 1. The number of H-pyrrole nitrogens is 1. The van der Waals surface area contributed by atoms with E-state index in [0.29, 0.717) is 43.1 Å². The van der Waals surface area contributed by atoms with E-state index in [9.17, 15) is 27.2 Å². The molecular weight excluding hydrogens is 526 g/mol. The van der Waals surface area contributed by atoms with Crippen molar-refractivity contribution in [2.24, 2.45) is 0 Å². The van der Waals surface area contributed by atoms with Crippen molar-refractivity contribution in [2.45, 2.75) is 46.1 Å². The maximum atomic E-state index is 14.6. The average Bonchev–Trinajstić information content (AvgIpc) is 3.26. The summed E-state index contributed by atoms with van der Waals surface area (Å²) in [5, 5.41) is 22.2. The van der Waals surface area contributed by atoms with Crippen LogP contribution in [-0.2, 0) is 30.8 Å². The number of carbonyl (C=O) groups excluding carboxylic acids is 1. The summed E-state index contributed by atoms with van der Waals surface area (Å²) in [6, 6.07) is 4.50. The van der Waals surface area contributed by atoms with Gasteiger partial charge < -0.3 is 19.5 Å². The van der Waals surface area contributed by atoms with Crippen molar-refractivity contribution in [3.63, 3.8) is 0 Å². The molecule has 3 aromatic rings. The summed E-state index contributed by atoms with van der Waals surface area (Å²) < 4.78 is 48.4. The number of rotatable bonds is 5. The summed E-state index contributed by atoms with van der Waals surface area (Å²) in [6.07, 6.45) is -4.70. The van der Waals surface area contributed by atoms with Gasteiger partial charge in [0, 0.05) is 25.1 Å². The van der Waals surface area contributed by atoms with Crippen LogP contribution in [0.1, 0.15) is 44.4 Å². The molecule has 39 heavy (non-hydrogen) atoms. The molecule has 210 valence electrons. The molecule has 0 saturated carbocycles. The summed E-state index contributed by atoms with van der Waals surface area (Å²) in [7, 11) is 3.92. The first-order chi connectivity index (χ1) is 18.2. The van der Waals surface area contributed by atoms with Crippen LogP contribution >= 0.6 is 0 Å². The number of carbonyl (C=O) groups is 2. The van der Waals surface area contributed by atoms with Gasteiger partial charge in [0.1, 0.15) is 11.6 Å². The number of carboxylic acids is 1. The lowest BCUT2D eigenvalue weighted by Gasteiger charge is -2.28. The van der Waals surface area contributed by atoms with Gasteiger partial charge in [-0.05, 0) is 51.2 Å². The zero-order valence-electron chi connectivity index (χ0n) is 21.6. The fourth-order valence-electron chi connectivity index (χ4n) is 3.85. The third-order valence-corrected chi connectivity index (χ3v) is 6.08. The molecule has 0 spiro atoms. The number of alkyl halides is 3. The molecule has 0 saturated heterocycles. The van der Waals surface area contributed by atoms with Crippen molar-refractivity contribution < 1.29 is 32.3 Å². The van der Waals surface area contributed by atoms with Gasteiger partial charge in [0.15, 0.2) is 5.82 Å². The minimum Gasteiger partial charge on any atom is -0.475 e. The Labute approximate surface area is 220 Å². The molecular formula is C24H27F4N7O4. The Bertz CT molecular complexity index is 1430. The van der Waals surface area contributed by atoms with Crippen molar-refractivity contribution in [1.29, 1.82) is 0 Å². The number of aromatic nitrogens is 5. The number of hydrogen-bond acceptors (Lipinski definition) is 7. The number of nitrogens with one attached hydrogen (secondary N) is 1. The van der Waals surface area contributed by atoms with Crippen molar-refractivity contribution in [3.8, 4) is 0 Å². The third-order valence-electron chi connectivity index (χ3n) is 6.08. The van der Waals surface area contributed by atoms with E-state index in [0.717, 1.165) is 17.0 Å². The largest absolute Gasteiger partial charge is 0.490 e. The normalized spacial score (nSPS) is 13.1. The number of benzene rings is 1. The van der Waals surface area contributed by atoms with E-state index in [-0.39, 0.29) is 23.6 Å². The Morgan fingerprint density at radius 3 is 2.41 bits per heavy atom. The average molecular weight is 554 g/mol. The molecule has 1 aliphatic rings. The Morgan fingerprint density at radius 2 is 1.79 bits per heavy atom. The highest BCUT2D eigenvalue weighted by Crippen LogP contribution is 2.20. The van der Waals surface area contributed by atoms with Gasteiger partial charge in [-0.25, -0.2) is 14.3 Å². The molecule has 0 radical (unpaired) electrons. The highest BCUT2D eigenvalue weighted by atomic mass is 19.4. The van der Waals surface area contributed by atoms with E-state index in [1.165, 1.54) is 6.07 Å². The van der Waals surface area contributed by atoms with Crippen LogP contribution in [0.15, 0.2) is 23.0 Å². The third kappa shape index (κ3) is 7.04. The Kier molecular flexibility index (Phi) is 8.84. The fraction of sp³-hybridized carbons (Fsp3) is 0.417. The minimum atomic E-state index is -5.08. The second-order valence-corrected chi connectivity index (χ2v) is 9.19. The van der Waals surface area contributed by atoms with Crippen molar-refractivity contribution in [1.82, 2.24) is 34.8 Å². The quantitative estimate of drug-likeness (QED) is 0.458. The molecule has 0 aliphatic carbocycles. The maximum absolute atomic E-state index is 14.6. The van der Waals surface area contributed by atoms with E-state index >= 15 is 0 Å². The van der Waals surface area contributed by atoms with Crippen molar-refractivity contribution in [2.75, 3.05) is 20.6 Å². The Hall–Kier alpha value is -4.14. The first-order valence-electron chi connectivity index (χ1n) is 11.7. The monoisotopic (exact) mass is 553 g/mol. The zero-order chi connectivity index (χ0) is 29.1. The van der Waals surface area contributed by atoms with Crippen LogP contribution in [-0.4, -0.2) is 78.6 Å². The van der Waals surface area contributed by atoms with Crippen LogP contribution in [0.2, 0.25) is 0 Å². The molecule has 2 aromatic heterocycles. The first kappa shape index (κ1) is 29.4. The number of hydrogen-bond donors (Lipinski definition) is 2. The summed E-state index contributed by atoms with van der Waals surface area (Å²) in [4.78, 5) is 37.4. The van der Waals surface area contributed by atoms with Crippen LogP contribution in [0.5, 0.6) is 0 Å². The van der Waals surface area contributed by atoms with Crippen molar-refractivity contribution >= 4 is 11.9 Å². The van der Waals surface area contributed by atoms with Crippen molar-refractivity contribution in [3.05, 3.63) is 74.0 Å². The van der Waals surface area contributed by atoms with Gasteiger partial charge in [0.2, 0.25) is 0 Å². The highest BCUT2D eigenvalue weighted by Gasteiger charge is 2.38. The van der Waals surface area contributed by atoms with E-state index in [2.05, 4.69) is 20.4 Å². The van der Waals surface area contributed by atoms with Gasteiger partial charge in [-0.1, -0.05) is 6.07 Å². The van der Waals surface area contributed by atoms with Gasteiger partial charge in [0.25, 0.3) is 11.5 Å². The van der Waals surface area contributed by atoms with E-state index < -0.39 is 18.0 Å². The Morgan fingerprint density at radius 1 is 1.13 bits per heavy atom. The molecule has 15 heteroatoms. The molecule has 0 unspecified atom stereocenters. The van der Waals surface area contributed by atoms with Gasteiger partial charge in [0.05, 0.1) is 24.3 Å². The molecule has 11 nitrogen and oxygen atoms in total. The topological polar surface area (TPSA) is 137 Å². The molecule has 0 bridgehead atoms. The molecule has 3 heterocycles. The lowest BCUT2D eigenvalue weighted by atomic mass is 10.0. The van der Waals surface area contributed by atoms with E-state index in [1.54, 1.807) is 24.0 Å². The summed E-state index contributed by atoms with van der Waals surface area (Å²) in [5.41, 5.74) is 2.60. The lowest BCUT2D eigenvalue weighted by Crippen LogP contribution is -2.39. The highest BCUT2D eigenvalue weighted by molar-refractivity contribution is 5.94. The van der Waals surface area contributed by atoms with Crippen LogP contribution in [0, 0.1) is 19.7 Å². The number of amides is 1. The molecule has 1 aromatic carbocycles. The summed E-state index contributed by atoms with van der Waals surface area (Å²) in [5.74, 6) is -2.16. The van der Waals surface area contributed by atoms with Gasteiger partial charge in [-0.3, -0.25) is 9.59 Å². The SMILES string of the molecule is Cc1c(Cc2ccc(F)c(C(=O)N3CCn4c(CN(C)C)nnc4C3)c2)n[nH]c(=O)c1C.O=C(O)C(F)(F)F. The number of fused-ring (bicyclic) bond motifs is 1. The molecule has 2 N–H and O–H groups in total. The van der Waals surface area contributed by atoms with Gasteiger partial charge in [-0.15, -0.1) is 10.2 Å². The van der Waals surface area contributed by atoms with Crippen LogP contribution in [0.3, 0.4) is 0 Å². The zero-order valence-corrected chi connectivity index (χ0v) is 21.6. The first-order valence-corrected chi connectivity index (χ1v) is 11.7.